The van der Waals surface area contributed by atoms with Gasteiger partial charge in [0.2, 0.25) is 6.08 Å². The van der Waals surface area contributed by atoms with Gasteiger partial charge in [0.05, 0.1) is 20.8 Å². The summed E-state index contributed by atoms with van der Waals surface area (Å²) in [7, 11) is 3.20. The van der Waals surface area contributed by atoms with Crippen molar-refractivity contribution < 1.29 is 14.3 Å². The summed E-state index contributed by atoms with van der Waals surface area (Å²) in [5.41, 5.74) is 0.918. The van der Waals surface area contributed by atoms with Gasteiger partial charge in [0.25, 0.3) is 0 Å². The van der Waals surface area contributed by atoms with E-state index < -0.39 is 0 Å². The number of hydrogen-bond acceptors (Lipinski definition) is 4. The van der Waals surface area contributed by atoms with Crippen molar-refractivity contribution in [2.24, 2.45) is 4.99 Å². The maximum Gasteiger partial charge on any atom is 0.234 e. The van der Waals surface area contributed by atoms with Crippen molar-refractivity contribution in [2.75, 3.05) is 20.8 Å². The molecule has 0 aromatic heterocycles. The molecule has 80 valence electrons. The number of carbonyl (C=O) groups excluding carboxylic acids is 1. The quantitative estimate of drug-likeness (QED) is 0.544. The molecule has 0 aliphatic heterocycles. The molecule has 4 heteroatoms. The zero-order valence-electron chi connectivity index (χ0n) is 8.82. The molecule has 0 saturated carbocycles. The molecule has 0 spiro atoms. The Bertz CT molecular complexity index is 348. The van der Waals surface area contributed by atoms with Crippen LogP contribution in [0.5, 0.6) is 11.5 Å². The van der Waals surface area contributed by atoms with Crippen LogP contribution in [0.1, 0.15) is 5.56 Å². The molecule has 0 bridgehead atoms. The first kappa shape index (κ1) is 11.3. The fraction of sp³-hybridized carbons (Fsp3) is 0.364. The van der Waals surface area contributed by atoms with Gasteiger partial charge in [-0.25, -0.2) is 9.79 Å². The second-order valence-electron chi connectivity index (χ2n) is 2.86. The minimum Gasteiger partial charge on any atom is -0.496 e. The predicted octanol–water partition coefficient (Wildman–Crippen LogP) is 1.58. The zero-order valence-corrected chi connectivity index (χ0v) is 8.82. The number of nitrogens with zero attached hydrogens (tertiary/aromatic N) is 1. The predicted molar refractivity (Wildman–Crippen MR) is 56.2 cm³/mol. The average Bonchev–Trinajstić information content (AvgIpc) is 2.29. The Morgan fingerprint density at radius 1 is 1.27 bits per heavy atom. The minimum atomic E-state index is 0.389. The largest absolute Gasteiger partial charge is 0.496 e. The van der Waals surface area contributed by atoms with Crippen LogP contribution in [0.25, 0.3) is 0 Å². The first-order valence-corrected chi connectivity index (χ1v) is 4.57. The Kier molecular flexibility index (Phi) is 4.38. The van der Waals surface area contributed by atoms with Gasteiger partial charge in [-0.1, -0.05) is 6.07 Å². The topological polar surface area (TPSA) is 47.9 Å². The van der Waals surface area contributed by atoms with Crippen LogP contribution < -0.4 is 9.47 Å². The molecule has 0 aliphatic rings. The summed E-state index contributed by atoms with van der Waals surface area (Å²) >= 11 is 0. The Labute approximate surface area is 88.5 Å². The van der Waals surface area contributed by atoms with Crippen molar-refractivity contribution >= 4 is 6.08 Å². The first-order valence-electron chi connectivity index (χ1n) is 4.57. The van der Waals surface area contributed by atoms with Crippen LogP contribution >= 0.6 is 0 Å². The highest BCUT2D eigenvalue weighted by molar-refractivity contribution is 5.45. The number of hydrogen-bond donors (Lipinski definition) is 0. The molecule has 1 aromatic rings. The van der Waals surface area contributed by atoms with Crippen molar-refractivity contribution in [3.8, 4) is 11.5 Å². The van der Waals surface area contributed by atoms with E-state index in [0.29, 0.717) is 13.0 Å². The van der Waals surface area contributed by atoms with E-state index in [-0.39, 0.29) is 0 Å². The molecular formula is C11H13NO3. The lowest BCUT2D eigenvalue weighted by Gasteiger charge is -2.11. The molecule has 0 heterocycles. The lowest BCUT2D eigenvalue weighted by Crippen LogP contribution is -1.98. The molecule has 0 radical (unpaired) electrons. The Hall–Kier alpha value is -1.80. The summed E-state index contributed by atoms with van der Waals surface area (Å²) in [5, 5.41) is 0. The summed E-state index contributed by atoms with van der Waals surface area (Å²) in [4.78, 5) is 13.5. The number of aliphatic imine (C=N–C) groups is 1. The Morgan fingerprint density at radius 3 is 2.33 bits per heavy atom. The molecule has 0 aliphatic carbocycles. The van der Waals surface area contributed by atoms with Gasteiger partial charge < -0.3 is 9.47 Å². The van der Waals surface area contributed by atoms with Crippen LogP contribution in [0.15, 0.2) is 23.2 Å². The zero-order chi connectivity index (χ0) is 11.1. The molecule has 0 unspecified atom stereocenters. The van der Waals surface area contributed by atoms with Crippen molar-refractivity contribution in [1.82, 2.24) is 0 Å². The molecule has 0 fully saturated rings. The van der Waals surface area contributed by atoms with E-state index in [1.165, 1.54) is 6.08 Å². The van der Waals surface area contributed by atoms with Gasteiger partial charge in [0, 0.05) is 12.0 Å². The van der Waals surface area contributed by atoms with Crippen molar-refractivity contribution in [2.45, 2.75) is 6.42 Å². The van der Waals surface area contributed by atoms with Crippen LogP contribution in [-0.2, 0) is 11.2 Å². The van der Waals surface area contributed by atoms with Gasteiger partial charge >= 0.3 is 0 Å². The van der Waals surface area contributed by atoms with Gasteiger partial charge in [-0.3, -0.25) is 0 Å². The van der Waals surface area contributed by atoms with Gasteiger partial charge in [-0.2, -0.15) is 0 Å². The SMILES string of the molecule is COc1cccc(OC)c1CCN=C=O. The van der Waals surface area contributed by atoms with Crippen LogP contribution in [0, 0.1) is 0 Å². The normalized spacial score (nSPS) is 9.20. The molecule has 0 saturated heterocycles. The van der Waals surface area contributed by atoms with E-state index in [0.717, 1.165) is 17.1 Å². The van der Waals surface area contributed by atoms with Crippen LogP contribution in [0.3, 0.4) is 0 Å². The highest BCUT2D eigenvalue weighted by Crippen LogP contribution is 2.28. The monoisotopic (exact) mass is 207 g/mol. The average molecular weight is 207 g/mol. The van der Waals surface area contributed by atoms with E-state index in [9.17, 15) is 4.79 Å². The van der Waals surface area contributed by atoms with Gasteiger partial charge in [0.15, 0.2) is 0 Å². The molecule has 0 N–H and O–H groups in total. The van der Waals surface area contributed by atoms with E-state index in [4.69, 9.17) is 9.47 Å². The summed E-state index contributed by atoms with van der Waals surface area (Å²) in [5.74, 6) is 1.49. The summed E-state index contributed by atoms with van der Waals surface area (Å²) in [6.45, 7) is 0.389. The van der Waals surface area contributed by atoms with Crippen LogP contribution in [0.4, 0.5) is 0 Å². The van der Waals surface area contributed by atoms with Crippen molar-refractivity contribution in [3.05, 3.63) is 23.8 Å². The van der Waals surface area contributed by atoms with E-state index in [1.807, 2.05) is 18.2 Å². The third-order valence-corrected chi connectivity index (χ3v) is 2.07. The molecular weight excluding hydrogens is 194 g/mol. The summed E-state index contributed by atoms with van der Waals surface area (Å²) < 4.78 is 10.4. The number of ether oxygens (including phenoxy) is 2. The third-order valence-electron chi connectivity index (χ3n) is 2.07. The fourth-order valence-corrected chi connectivity index (χ4v) is 1.39. The number of rotatable bonds is 5. The Morgan fingerprint density at radius 2 is 1.87 bits per heavy atom. The number of benzene rings is 1. The lowest BCUT2D eigenvalue weighted by atomic mass is 10.1. The number of methoxy groups -OCH3 is 2. The summed E-state index contributed by atoms with van der Waals surface area (Å²) in [6, 6.07) is 5.55. The van der Waals surface area contributed by atoms with Crippen molar-refractivity contribution in [3.63, 3.8) is 0 Å². The summed E-state index contributed by atoms with van der Waals surface area (Å²) in [6.07, 6.45) is 2.11. The highest BCUT2D eigenvalue weighted by atomic mass is 16.5. The van der Waals surface area contributed by atoms with Gasteiger partial charge in [-0.05, 0) is 12.1 Å². The smallest absolute Gasteiger partial charge is 0.234 e. The van der Waals surface area contributed by atoms with Crippen LogP contribution in [-0.4, -0.2) is 26.8 Å². The van der Waals surface area contributed by atoms with Gasteiger partial charge in [-0.15, -0.1) is 0 Å². The Balaban J connectivity index is 2.94. The molecule has 0 atom stereocenters. The molecule has 0 amide bonds. The maximum atomic E-state index is 9.95. The second-order valence-corrected chi connectivity index (χ2v) is 2.86. The molecule has 15 heavy (non-hydrogen) atoms. The molecule has 1 aromatic carbocycles. The fourth-order valence-electron chi connectivity index (χ4n) is 1.39. The van der Waals surface area contributed by atoms with Crippen LogP contribution in [0.2, 0.25) is 0 Å². The highest BCUT2D eigenvalue weighted by Gasteiger charge is 2.08. The standard InChI is InChI=1S/C11H13NO3/c1-14-10-4-3-5-11(15-2)9(10)6-7-12-8-13/h3-5H,6-7H2,1-2H3. The van der Waals surface area contributed by atoms with Crippen molar-refractivity contribution in [1.29, 1.82) is 0 Å². The molecule has 4 nitrogen and oxygen atoms in total. The first-order chi connectivity index (χ1) is 7.33. The van der Waals surface area contributed by atoms with E-state index in [1.54, 1.807) is 14.2 Å². The minimum absolute atomic E-state index is 0.389. The lowest BCUT2D eigenvalue weighted by molar-refractivity contribution is 0.385. The maximum absolute atomic E-state index is 9.95. The van der Waals surface area contributed by atoms with Gasteiger partial charge in [0.1, 0.15) is 11.5 Å². The van der Waals surface area contributed by atoms with E-state index >= 15 is 0 Å². The third kappa shape index (κ3) is 2.82. The number of isocyanates is 1. The molecule has 1 rings (SSSR count). The second kappa shape index (κ2) is 5.83. The van der Waals surface area contributed by atoms with E-state index in [2.05, 4.69) is 4.99 Å².